The molecule has 0 saturated heterocycles. The standard InChI is InChI=1S/C18H22BrN3O/c19-12-17(23)20-10-5-11-21-18-13-6-1-3-8-15(13)22-16-9-4-2-7-14(16)18/h1,3,6,8H,2,4-5,7,9-12H2,(H,20,23)(H,21,22). The molecule has 1 aliphatic rings. The van der Waals surface area contributed by atoms with Gasteiger partial charge in [-0.2, -0.15) is 0 Å². The van der Waals surface area contributed by atoms with E-state index in [9.17, 15) is 4.79 Å². The van der Waals surface area contributed by atoms with Crippen molar-refractivity contribution >= 4 is 38.4 Å². The van der Waals surface area contributed by atoms with Gasteiger partial charge in [0.1, 0.15) is 0 Å². The summed E-state index contributed by atoms with van der Waals surface area (Å²) in [4.78, 5) is 16.1. The van der Waals surface area contributed by atoms with E-state index in [1.54, 1.807) is 0 Å². The molecule has 4 nitrogen and oxygen atoms in total. The average Bonchev–Trinajstić information content (AvgIpc) is 2.60. The highest BCUT2D eigenvalue weighted by Gasteiger charge is 2.17. The summed E-state index contributed by atoms with van der Waals surface area (Å²) < 4.78 is 0. The molecule has 1 aromatic carbocycles. The van der Waals surface area contributed by atoms with Gasteiger partial charge in [0.2, 0.25) is 5.91 Å². The second-order valence-corrected chi connectivity index (χ2v) is 6.46. The maximum absolute atomic E-state index is 11.2. The number of pyridine rings is 1. The lowest BCUT2D eigenvalue weighted by Crippen LogP contribution is -2.26. The van der Waals surface area contributed by atoms with Crippen molar-refractivity contribution in [1.29, 1.82) is 0 Å². The predicted molar refractivity (Wildman–Crippen MR) is 98.3 cm³/mol. The van der Waals surface area contributed by atoms with E-state index < -0.39 is 0 Å². The fourth-order valence-corrected chi connectivity index (χ4v) is 3.35. The number of hydrogen-bond donors (Lipinski definition) is 2. The van der Waals surface area contributed by atoms with Crippen LogP contribution in [-0.2, 0) is 17.6 Å². The normalized spacial score (nSPS) is 13.6. The highest BCUT2D eigenvalue weighted by molar-refractivity contribution is 9.09. The Kier molecular flexibility index (Phi) is 5.49. The molecule has 0 unspecified atom stereocenters. The lowest BCUT2D eigenvalue weighted by Gasteiger charge is -2.21. The largest absolute Gasteiger partial charge is 0.384 e. The number of aryl methyl sites for hydroxylation is 1. The summed E-state index contributed by atoms with van der Waals surface area (Å²) in [5.41, 5.74) is 4.96. The van der Waals surface area contributed by atoms with Crippen LogP contribution in [0.25, 0.3) is 10.9 Å². The monoisotopic (exact) mass is 375 g/mol. The molecule has 0 radical (unpaired) electrons. The number of carbonyl (C=O) groups excluding carboxylic acids is 1. The first-order chi connectivity index (χ1) is 11.3. The Morgan fingerprint density at radius 2 is 2.00 bits per heavy atom. The number of rotatable bonds is 6. The van der Waals surface area contributed by atoms with Gasteiger partial charge in [0.15, 0.2) is 0 Å². The maximum atomic E-state index is 11.2. The molecule has 0 saturated carbocycles. The molecule has 0 atom stereocenters. The van der Waals surface area contributed by atoms with Crippen LogP contribution in [0.2, 0.25) is 0 Å². The van der Waals surface area contributed by atoms with E-state index in [1.807, 2.05) is 6.07 Å². The van der Waals surface area contributed by atoms with Crippen LogP contribution in [0.3, 0.4) is 0 Å². The number of para-hydroxylation sites is 1. The molecule has 3 rings (SSSR count). The summed E-state index contributed by atoms with van der Waals surface area (Å²) >= 11 is 3.15. The number of hydrogen-bond acceptors (Lipinski definition) is 3. The summed E-state index contributed by atoms with van der Waals surface area (Å²) in [6, 6.07) is 8.35. The van der Waals surface area contributed by atoms with Crippen molar-refractivity contribution in [3.63, 3.8) is 0 Å². The number of carbonyl (C=O) groups is 1. The zero-order valence-electron chi connectivity index (χ0n) is 13.2. The zero-order valence-corrected chi connectivity index (χ0v) is 14.8. The van der Waals surface area contributed by atoms with Crippen LogP contribution in [0.15, 0.2) is 24.3 Å². The zero-order chi connectivity index (χ0) is 16.1. The fourth-order valence-electron chi connectivity index (χ4n) is 3.15. The molecule has 0 fully saturated rings. The third kappa shape index (κ3) is 3.83. The first-order valence-electron chi connectivity index (χ1n) is 8.26. The van der Waals surface area contributed by atoms with Gasteiger partial charge in [-0.05, 0) is 43.7 Å². The minimum absolute atomic E-state index is 0.0386. The number of nitrogens with zero attached hydrogens (tertiary/aromatic N) is 1. The molecule has 0 bridgehead atoms. The summed E-state index contributed by atoms with van der Waals surface area (Å²) in [7, 11) is 0. The van der Waals surface area contributed by atoms with Crippen LogP contribution in [-0.4, -0.2) is 29.3 Å². The Labute approximate surface area is 145 Å². The molecule has 0 aliphatic heterocycles. The second kappa shape index (κ2) is 7.77. The van der Waals surface area contributed by atoms with Gasteiger partial charge in [-0.15, -0.1) is 0 Å². The molecule has 1 aromatic heterocycles. The smallest absolute Gasteiger partial charge is 0.230 e. The molecule has 122 valence electrons. The van der Waals surface area contributed by atoms with Gasteiger partial charge in [0.25, 0.3) is 0 Å². The summed E-state index contributed by atoms with van der Waals surface area (Å²) in [6.07, 6.45) is 5.56. The third-order valence-electron chi connectivity index (χ3n) is 4.27. The molecule has 1 amide bonds. The number of halogens is 1. The van der Waals surface area contributed by atoms with Crippen LogP contribution in [0.5, 0.6) is 0 Å². The van der Waals surface area contributed by atoms with Crippen LogP contribution < -0.4 is 10.6 Å². The number of anilines is 1. The SMILES string of the molecule is O=C(CBr)NCCCNc1c2c(nc3ccccc13)CCCC2. The topological polar surface area (TPSA) is 54.0 Å². The third-order valence-corrected chi connectivity index (χ3v) is 4.78. The number of fused-ring (bicyclic) bond motifs is 2. The molecule has 2 N–H and O–H groups in total. The summed E-state index contributed by atoms with van der Waals surface area (Å²) in [6.45, 7) is 1.55. The Bertz CT molecular complexity index is 702. The molecular formula is C18H22BrN3O. The number of alkyl halides is 1. The van der Waals surface area contributed by atoms with E-state index in [0.29, 0.717) is 11.9 Å². The number of benzene rings is 1. The first-order valence-corrected chi connectivity index (χ1v) is 9.39. The molecule has 1 heterocycles. The van der Waals surface area contributed by atoms with Crippen molar-refractivity contribution in [2.24, 2.45) is 0 Å². The molecule has 0 spiro atoms. The van der Waals surface area contributed by atoms with Crippen molar-refractivity contribution in [1.82, 2.24) is 10.3 Å². The second-order valence-electron chi connectivity index (χ2n) is 5.90. The average molecular weight is 376 g/mol. The van der Waals surface area contributed by atoms with Crippen LogP contribution >= 0.6 is 15.9 Å². The first kappa shape index (κ1) is 16.2. The predicted octanol–water partition coefficient (Wildman–Crippen LogP) is 3.43. The van der Waals surface area contributed by atoms with Gasteiger partial charge < -0.3 is 10.6 Å². The van der Waals surface area contributed by atoms with Gasteiger partial charge in [-0.1, -0.05) is 34.1 Å². The minimum Gasteiger partial charge on any atom is -0.384 e. The molecule has 2 aromatic rings. The summed E-state index contributed by atoms with van der Waals surface area (Å²) in [5.74, 6) is 0.0386. The van der Waals surface area contributed by atoms with Gasteiger partial charge in [0.05, 0.1) is 10.8 Å². The lowest BCUT2D eigenvalue weighted by atomic mass is 9.92. The highest BCUT2D eigenvalue weighted by Crippen LogP contribution is 2.33. The van der Waals surface area contributed by atoms with E-state index >= 15 is 0 Å². The van der Waals surface area contributed by atoms with Crippen molar-refractivity contribution in [3.8, 4) is 0 Å². The molecule has 1 aliphatic carbocycles. The van der Waals surface area contributed by atoms with E-state index in [2.05, 4.69) is 44.8 Å². The van der Waals surface area contributed by atoms with Crippen molar-refractivity contribution in [3.05, 3.63) is 35.5 Å². The van der Waals surface area contributed by atoms with Crippen LogP contribution in [0.4, 0.5) is 5.69 Å². The minimum atomic E-state index is 0.0386. The van der Waals surface area contributed by atoms with Crippen molar-refractivity contribution in [2.45, 2.75) is 32.1 Å². The van der Waals surface area contributed by atoms with Crippen LogP contribution in [0, 0.1) is 0 Å². The molecule has 23 heavy (non-hydrogen) atoms. The van der Waals surface area contributed by atoms with Gasteiger partial charge >= 0.3 is 0 Å². The Balaban J connectivity index is 1.75. The van der Waals surface area contributed by atoms with Gasteiger partial charge in [-0.25, -0.2) is 0 Å². The van der Waals surface area contributed by atoms with E-state index in [1.165, 1.54) is 35.2 Å². The van der Waals surface area contributed by atoms with Crippen molar-refractivity contribution in [2.75, 3.05) is 23.7 Å². The van der Waals surface area contributed by atoms with Gasteiger partial charge in [-0.3, -0.25) is 9.78 Å². The fraction of sp³-hybridized carbons (Fsp3) is 0.444. The number of aromatic nitrogens is 1. The Morgan fingerprint density at radius 3 is 2.87 bits per heavy atom. The Hall–Kier alpha value is -1.62. The lowest BCUT2D eigenvalue weighted by molar-refractivity contribution is -0.118. The maximum Gasteiger partial charge on any atom is 0.230 e. The molecule has 5 heteroatoms. The molecular weight excluding hydrogens is 354 g/mol. The highest BCUT2D eigenvalue weighted by atomic mass is 79.9. The van der Waals surface area contributed by atoms with E-state index in [0.717, 1.165) is 31.3 Å². The van der Waals surface area contributed by atoms with Gasteiger partial charge in [0, 0.05) is 29.9 Å². The van der Waals surface area contributed by atoms with E-state index in [4.69, 9.17) is 4.98 Å². The number of nitrogens with one attached hydrogen (secondary N) is 2. The van der Waals surface area contributed by atoms with Crippen molar-refractivity contribution < 1.29 is 4.79 Å². The van der Waals surface area contributed by atoms with Crippen LogP contribution in [0.1, 0.15) is 30.5 Å². The quantitative estimate of drug-likeness (QED) is 0.600. The van der Waals surface area contributed by atoms with E-state index in [-0.39, 0.29) is 5.91 Å². The summed E-state index contributed by atoms with van der Waals surface area (Å²) in [5, 5.41) is 8.05. The number of amides is 1. The Morgan fingerprint density at radius 1 is 1.17 bits per heavy atom.